The van der Waals surface area contributed by atoms with E-state index in [1.54, 1.807) is 23.9 Å². The summed E-state index contributed by atoms with van der Waals surface area (Å²) < 4.78 is 4.52. The van der Waals surface area contributed by atoms with E-state index in [4.69, 9.17) is 0 Å². The molecule has 17 heavy (non-hydrogen) atoms. The minimum absolute atomic E-state index is 0.0910. The second-order valence-electron chi connectivity index (χ2n) is 3.30. The molecule has 1 rings (SSSR count). The predicted molar refractivity (Wildman–Crippen MR) is 65.9 cm³/mol. The van der Waals surface area contributed by atoms with Crippen LogP contribution >= 0.6 is 11.8 Å². The standard InChI is InChI=1S/C11H13NO4S/c1-16-11(13)6-7-17-8-9-2-4-10(5-3-9)12(14)15/h2-5H,6-8H2,1H3. The van der Waals surface area contributed by atoms with E-state index in [1.807, 2.05) is 0 Å². The number of non-ortho nitro benzene ring substituents is 1. The highest BCUT2D eigenvalue weighted by molar-refractivity contribution is 7.98. The van der Waals surface area contributed by atoms with Gasteiger partial charge in [0.25, 0.3) is 5.69 Å². The number of carbonyl (C=O) groups is 1. The van der Waals surface area contributed by atoms with E-state index in [-0.39, 0.29) is 11.7 Å². The molecule has 0 aliphatic rings. The quantitative estimate of drug-likeness (QED) is 0.338. The van der Waals surface area contributed by atoms with Crippen molar-refractivity contribution < 1.29 is 14.5 Å². The van der Waals surface area contributed by atoms with Crippen molar-refractivity contribution >= 4 is 23.4 Å². The maximum atomic E-state index is 10.8. The minimum Gasteiger partial charge on any atom is -0.469 e. The molecule has 0 fully saturated rings. The third-order valence-electron chi connectivity index (χ3n) is 2.09. The van der Waals surface area contributed by atoms with Crippen LogP contribution in [0.5, 0.6) is 0 Å². The van der Waals surface area contributed by atoms with Gasteiger partial charge in [-0.05, 0) is 5.56 Å². The average Bonchev–Trinajstić information content (AvgIpc) is 2.34. The van der Waals surface area contributed by atoms with Crippen LogP contribution in [0.2, 0.25) is 0 Å². The second-order valence-corrected chi connectivity index (χ2v) is 4.41. The average molecular weight is 255 g/mol. The highest BCUT2D eigenvalue weighted by atomic mass is 32.2. The molecule has 0 radical (unpaired) electrons. The first-order valence-electron chi connectivity index (χ1n) is 5.01. The van der Waals surface area contributed by atoms with Crippen LogP contribution in [-0.2, 0) is 15.3 Å². The summed E-state index contributed by atoms with van der Waals surface area (Å²) in [5, 5.41) is 10.4. The van der Waals surface area contributed by atoms with Crippen LogP contribution in [0.3, 0.4) is 0 Å². The lowest BCUT2D eigenvalue weighted by atomic mass is 10.2. The zero-order valence-electron chi connectivity index (χ0n) is 9.42. The third-order valence-corrected chi connectivity index (χ3v) is 3.12. The van der Waals surface area contributed by atoms with E-state index in [0.29, 0.717) is 12.2 Å². The predicted octanol–water partition coefficient (Wildman–Crippen LogP) is 2.39. The van der Waals surface area contributed by atoms with Gasteiger partial charge in [-0.15, -0.1) is 0 Å². The summed E-state index contributed by atoms with van der Waals surface area (Å²) in [6.07, 6.45) is 0.383. The Balaban J connectivity index is 2.32. The molecule has 0 N–H and O–H groups in total. The van der Waals surface area contributed by atoms with E-state index in [0.717, 1.165) is 11.3 Å². The van der Waals surface area contributed by atoms with E-state index >= 15 is 0 Å². The molecule has 0 saturated carbocycles. The molecular formula is C11H13NO4S. The van der Waals surface area contributed by atoms with Crippen LogP contribution in [0.1, 0.15) is 12.0 Å². The fourth-order valence-electron chi connectivity index (χ4n) is 1.16. The van der Waals surface area contributed by atoms with Gasteiger partial charge in [0, 0.05) is 23.6 Å². The van der Waals surface area contributed by atoms with Gasteiger partial charge in [0.15, 0.2) is 0 Å². The molecule has 1 aromatic rings. The summed E-state index contributed by atoms with van der Waals surface area (Å²) in [5.41, 5.74) is 1.10. The van der Waals surface area contributed by atoms with Crippen molar-refractivity contribution in [1.82, 2.24) is 0 Å². The number of thioether (sulfide) groups is 1. The Labute approximate surface area is 103 Å². The Morgan fingerprint density at radius 2 is 2.06 bits per heavy atom. The van der Waals surface area contributed by atoms with Gasteiger partial charge in [0.2, 0.25) is 0 Å². The molecule has 0 aromatic heterocycles. The van der Waals surface area contributed by atoms with Crippen molar-refractivity contribution in [1.29, 1.82) is 0 Å². The Bertz CT molecular complexity index is 391. The number of benzene rings is 1. The molecule has 0 spiro atoms. The number of carbonyl (C=O) groups excluding carboxylic acids is 1. The monoisotopic (exact) mass is 255 g/mol. The number of ether oxygens (including phenoxy) is 1. The fourth-order valence-corrected chi connectivity index (χ4v) is 2.04. The van der Waals surface area contributed by atoms with Crippen LogP contribution in [-0.4, -0.2) is 23.8 Å². The van der Waals surface area contributed by atoms with Gasteiger partial charge in [-0.3, -0.25) is 14.9 Å². The summed E-state index contributed by atoms with van der Waals surface area (Å²) >= 11 is 1.59. The summed E-state index contributed by atoms with van der Waals surface area (Å²) in [6.45, 7) is 0. The molecule has 5 nitrogen and oxygen atoms in total. The molecule has 0 amide bonds. The SMILES string of the molecule is COC(=O)CCSCc1ccc([N+](=O)[O-])cc1. The summed E-state index contributed by atoms with van der Waals surface area (Å²) in [6, 6.07) is 6.42. The van der Waals surface area contributed by atoms with Crippen LogP contribution < -0.4 is 0 Å². The van der Waals surface area contributed by atoms with Crippen LogP contribution in [0.15, 0.2) is 24.3 Å². The summed E-state index contributed by atoms with van der Waals surface area (Å²) in [4.78, 5) is 20.8. The summed E-state index contributed by atoms with van der Waals surface area (Å²) in [5.74, 6) is 1.19. The van der Waals surface area contributed by atoms with E-state index in [1.165, 1.54) is 19.2 Å². The second kappa shape index (κ2) is 6.90. The number of nitrogens with zero attached hydrogens (tertiary/aromatic N) is 1. The molecule has 0 bridgehead atoms. The zero-order chi connectivity index (χ0) is 12.7. The largest absolute Gasteiger partial charge is 0.469 e. The molecular weight excluding hydrogens is 242 g/mol. The lowest BCUT2D eigenvalue weighted by Crippen LogP contribution is -2.01. The van der Waals surface area contributed by atoms with Crippen molar-refractivity contribution in [2.24, 2.45) is 0 Å². The molecule has 0 aliphatic heterocycles. The van der Waals surface area contributed by atoms with Gasteiger partial charge in [-0.1, -0.05) is 12.1 Å². The highest BCUT2D eigenvalue weighted by Crippen LogP contribution is 2.17. The summed E-state index contributed by atoms with van der Waals surface area (Å²) in [7, 11) is 1.36. The molecule has 0 atom stereocenters. The molecule has 1 aromatic carbocycles. The number of nitro groups is 1. The zero-order valence-corrected chi connectivity index (χ0v) is 10.2. The van der Waals surface area contributed by atoms with Crippen molar-refractivity contribution in [3.63, 3.8) is 0 Å². The third kappa shape index (κ3) is 4.86. The molecule has 6 heteroatoms. The van der Waals surface area contributed by atoms with Crippen LogP contribution in [0.4, 0.5) is 5.69 Å². The van der Waals surface area contributed by atoms with Crippen molar-refractivity contribution in [2.45, 2.75) is 12.2 Å². The van der Waals surface area contributed by atoms with Crippen molar-refractivity contribution in [2.75, 3.05) is 12.9 Å². The maximum absolute atomic E-state index is 10.8. The van der Waals surface area contributed by atoms with Crippen molar-refractivity contribution in [3.05, 3.63) is 39.9 Å². The Morgan fingerprint density at radius 3 is 2.59 bits per heavy atom. The van der Waals surface area contributed by atoms with E-state index in [9.17, 15) is 14.9 Å². The Hall–Kier alpha value is -1.56. The number of hydrogen-bond acceptors (Lipinski definition) is 5. The van der Waals surface area contributed by atoms with Gasteiger partial charge in [-0.2, -0.15) is 11.8 Å². The molecule has 0 aliphatic carbocycles. The molecule has 0 heterocycles. The number of rotatable bonds is 6. The minimum atomic E-state index is -0.422. The van der Waals surface area contributed by atoms with Gasteiger partial charge in [-0.25, -0.2) is 0 Å². The fraction of sp³-hybridized carbons (Fsp3) is 0.364. The van der Waals surface area contributed by atoms with Gasteiger partial charge in [0.1, 0.15) is 0 Å². The lowest BCUT2D eigenvalue weighted by Gasteiger charge is -2.01. The molecule has 0 unspecified atom stereocenters. The molecule has 92 valence electrons. The first-order chi connectivity index (χ1) is 8.13. The maximum Gasteiger partial charge on any atom is 0.306 e. The lowest BCUT2D eigenvalue weighted by molar-refractivity contribution is -0.384. The van der Waals surface area contributed by atoms with Gasteiger partial charge >= 0.3 is 5.97 Å². The number of esters is 1. The normalized spacial score (nSPS) is 9.94. The smallest absolute Gasteiger partial charge is 0.306 e. The highest BCUT2D eigenvalue weighted by Gasteiger charge is 2.04. The van der Waals surface area contributed by atoms with Gasteiger partial charge in [0.05, 0.1) is 18.5 Å². The van der Waals surface area contributed by atoms with Crippen molar-refractivity contribution in [3.8, 4) is 0 Å². The Morgan fingerprint density at radius 1 is 1.41 bits per heavy atom. The first kappa shape index (κ1) is 13.5. The Kier molecular flexibility index (Phi) is 5.48. The van der Waals surface area contributed by atoms with Crippen LogP contribution in [0, 0.1) is 10.1 Å². The number of methoxy groups -OCH3 is 1. The number of nitro benzene ring substituents is 1. The van der Waals surface area contributed by atoms with Crippen LogP contribution in [0.25, 0.3) is 0 Å². The molecule has 0 saturated heterocycles. The topological polar surface area (TPSA) is 69.4 Å². The first-order valence-corrected chi connectivity index (χ1v) is 6.17. The van der Waals surface area contributed by atoms with Gasteiger partial charge < -0.3 is 4.74 Å². The van der Waals surface area contributed by atoms with E-state index < -0.39 is 4.92 Å². The van der Waals surface area contributed by atoms with E-state index in [2.05, 4.69) is 4.74 Å². The number of hydrogen-bond donors (Lipinski definition) is 0.